The van der Waals surface area contributed by atoms with E-state index in [0.717, 1.165) is 31.2 Å². The van der Waals surface area contributed by atoms with Crippen LogP contribution in [0.4, 0.5) is 0 Å². The molecule has 7 nitrogen and oxygen atoms in total. The quantitative estimate of drug-likeness (QED) is 0.490. The third kappa shape index (κ3) is 5.63. The number of ether oxygens (including phenoxy) is 1. The van der Waals surface area contributed by atoms with E-state index >= 15 is 0 Å². The molecule has 1 saturated heterocycles. The van der Waals surface area contributed by atoms with Crippen LogP contribution >= 0.6 is 0 Å². The van der Waals surface area contributed by atoms with E-state index in [1.54, 1.807) is 0 Å². The molecule has 0 saturated carbocycles. The largest absolute Gasteiger partial charge is 0.361 e. The van der Waals surface area contributed by atoms with Gasteiger partial charge in [-0.15, -0.1) is 0 Å². The summed E-state index contributed by atoms with van der Waals surface area (Å²) in [6.45, 7) is 12.7. The van der Waals surface area contributed by atoms with E-state index in [0.29, 0.717) is 30.0 Å². The van der Waals surface area contributed by atoms with Crippen LogP contribution in [-0.4, -0.2) is 56.9 Å². The van der Waals surface area contributed by atoms with Crippen molar-refractivity contribution in [2.75, 3.05) is 26.0 Å². The molecule has 1 atom stereocenters. The number of rotatable bonds is 8. The van der Waals surface area contributed by atoms with Gasteiger partial charge in [0.1, 0.15) is 12.2 Å². The fourth-order valence-electron chi connectivity index (χ4n) is 4.09. The number of hydrogen-bond donors (Lipinski definition) is 1. The van der Waals surface area contributed by atoms with Gasteiger partial charge in [-0.1, -0.05) is 26.6 Å². The normalized spacial score (nSPS) is 18.9. The minimum absolute atomic E-state index is 0.159. The number of H-pyrrole nitrogens is 1. The van der Waals surface area contributed by atoms with E-state index in [9.17, 15) is 13.2 Å². The third-order valence-corrected chi connectivity index (χ3v) is 8.58. The van der Waals surface area contributed by atoms with Crippen molar-refractivity contribution in [2.45, 2.75) is 63.6 Å². The number of sulfone groups is 1. The summed E-state index contributed by atoms with van der Waals surface area (Å²) >= 11 is 0. The van der Waals surface area contributed by atoms with E-state index < -0.39 is 17.9 Å². The highest BCUT2D eigenvalue weighted by atomic mass is 32.2. The average Bonchev–Trinajstić information content (AvgIpc) is 2.96. The summed E-state index contributed by atoms with van der Waals surface area (Å²) in [6, 6.07) is 2.90. The molecule has 1 aliphatic heterocycles. The van der Waals surface area contributed by atoms with Crippen LogP contribution in [0.15, 0.2) is 22.0 Å². The van der Waals surface area contributed by atoms with E-state index in [2.05, 4.69) is 36.4 Å². The summed E-state index contributed by atoms with van der Waals surface area (Å²) in [5.74, 6) is 0.638. The molecule has 0 unspecified atom stereocenters. The van der Waals surface area contributed by atoms with Gasteiger partial charge in [0.25, 0.3) is 5.56 Å². The monoisotopic (exact) mass is 453 g/mol. The van der Waals surface area contributed by atoms with E-state index in [-0.39, 0.29) is 17.2 Å². The molecule has 2 aromatic rings. The second kappa shape index (κ2) is 8.98. The van der Waals surface area contributed by atoms with Crippen LogP contribution in [0.3, 0.4) is 0 Å². The number of hydrogen-bond acceptors (Lipinski definition) is 5. The van der Waals surface area contributed by atoms with Crippen LogP contribution in [0.2, 0.25) is 25.7 Å². The first-order valence-corrected chi connectivity index (χ1v) is 16.3. The number of pyridine rings is 1. The van der Waals surface area contributed by atoms with Gasteiger partial charge in [-0.25, -0.2) is 8.42 Å². The van der Waals surface area contributed by atoms with Gasteiger partial charge in [-0.05, 0) is 37.4 Å². The van der Waals surface area contributed by atoms with Crippen molar-refractivity contribution in [1.29, 1.82) is 0 Å². The van der Waals surface area contributed by atoms with Crippen LogP contribution < -0.4 is 5.56 Å². The highest BCUT2D eigenvalue weighted by Gasteiger charge is 2.23. The van der Waals surface area contributed by atoms with Crippen molar-refractivity contribution in [3.63, 3.8) is 0 Å². The zero-order chi connectivity index (χ0) is 22.1. The first kappa shape index (κ1) is 23.2. The molecule has 0 aromatic carbocycles. The van der Waals surface area contributed by atoms with Gasteiger partial charge in [-0.2, -0.15) is 0 Å². The molecule has 3 heterocycles. The molecule has 0 radical (unpaired) electrons. The number of piperidine rings is 1. The second-order valence-corrected chi connectivity index (χ2v) is 17.5. The molecule has 0 bridgehead atoms. The smallest absolute Gasteiger partial charge is 0.272 e. The molecule has 2 aromatic heterocycles. The van der Waals surface area contributed by atoms with Crippen LogP contribution in [0.25, 0.3) is 10.9 Å². The van der Waals surface area contributed by atoms with Crippen LogP contribution in [0.5, 0.6) is 0 Å². The number of nitrogens with one attached hydrogen (secondary N) is 1. The minimum atomic E-state index is -3.47. The summed E-state index contributed by atoms with van der Waals surface area (Å²) in [6.07, 6.45) is 4.87. The van der Waals surface area contributed by atoms with Crippen LogP contribution in [0.1, 0.15) is 25.5 Å². The first-order valence-electron chi connectivity index (χ1n) is 10.7. The van der Waals surface area contributed by atoms with E-state index in [1.165, 1.54) is 18.9 Å². The third-order valence-electron chi connectivity index (χ3n) is 5.74. The Kier molecular flexibility index (Phi) is 6.96. The Labute approximate surface area is 180 Å². The van der Waals surface area contributed by atoms with Gasteiger partial charge in [0, 0.05) is 51.3 Å². The lowest BCUT2D eigenvalue weighted by atomic mass is 10.0. The fourth-order valence-corrected chi connectivity index (χ4v) is 5.68. The Hall–Kier alpha value is -1.42. The number of fused-ring (bicyclic) bond motifs is 1. The number of aromatic nitrogens is 2. The summed E-state index contributed by atoms with van der Waals surface area (Å²) in [5.41, 5.74) is 1.02. The maximum absolute atomic E-state index is 12.7. The molecule has 168 valence electrons. The second-order valence-electron chi connectivity index (χ2n) is 9.91. The summed E-state index contributed by atoms with van der Waals surface area (Å²) in [4.78, 5) is 17.8. The molecular formula is C21H35N3O4SSi. The first-order chi connectivity index (χ1) is 14.0. The molecule has 0 spiro atoms. The lowest BCUT2D eigenvalue weighted by Gasteiger charge is -2.31. The van der Waals surface area contributed by atoms with Crippen molar-refractivity contribution >= 4 is 28.8 Å². The van der Waals surface area contributed by atoms with Gasteiger partial charge in [0.2, 0.25) is 0 Å². The molecule has 1 N–H and O–H groups in total. The van der Waals surface area contributed by atoms with Gasteiger partial charge in [-0.3, -0.25) is 9.69 Å². The van der Waals surface area contributed by atoms with Gasteiger partial charge in [0.05, 0.1) is 4.90 Å². The Bertz CT molecular complexity index is 1050. The molecular weight excluding hydrogens is 418 g/mol. The highest BCUT2D eigenvalue weighted by Crippen LogP contribution is 2.26. The molecule has 1 fully saturated rings. The lowest BCUT2D eigenvalue weighted by Crippen LogP contribution is -2.34. The van der Waals surface area contributed by atoms with Crippen LogP contribution in [0, 0.1) is 5.92 Å². The number of nitrogens with zero attached hydrogens (tertiary/aromatic N) is 2. The predicted octanol–water partition coefficient (Wildman–Crippen LogP) is 3.28. The molecule has 0 amide bonds. The highest BCUT2D eigenvalue weighted by molar-refractivity contribution is 7.91. The Morgan fingerprint density at radius 3 is 2.67 bits per heavy atom. The van der Waals surface area contributed by atoms with Gasteiger partial charge >= 0.3 is 0 Å². The number of aromatic amines is 1. The van der Waals surface area contributed by atoms with Gasteiger partial charge < -0.3 is 14.3 Å². The summed E-state index contributed by atoms with van der Waals surface area (Å²) in [7, 11) is -4.69. The summed E-state index contributed by atoms with van der Waals surface area (Å²) < 4.78 is 32.5. The maximum atomic E-state index is 12.7. The topological polar surface area (TPSA) is 84.4 Å². The fraction of sp³-hybridized carbons (Fsp3) is 0.667. The Balaban J connectivity index is 1.99. The molecule has 9 heteroatoms. The van der Waals surface area contributed by atoms with Crippen molar-refractivity contribution in [3.05, 3.63) is 28.3 Å². The van der Waals surface area contributed by atoms with Gasteiger partial charge in [0.15, 0.2) is 9.84 Å². The Morgan fingerprint density at radius 1 is 1.30 bits per heavy atom. The van der Waals surface area contributed by atoms with Crippen molar-refractivity contribution in [1.82, 2.24) is 14.5 Å². The molecule has 30 heavy (non-hydrogen) atoms. The SMILES string of the molecule is C[C@H]1CCCN(Cc2cc3c(S(C)(=O)=O)c[nH]c(=O)c3n2COCC[Si](C)(C)C)C1. The van der Waals surface area contributed by atoms with Crippen molar-refractivity contribution < 1.29 is 13.2 Å². The predicted molar refractivity (Wildman–Crippen MR) is 123 cm³/mol. The minimum Gasteiger partial charge on any atom is -0.361 e. The number of likely N-dealkylation sites (tertiary alicyclic amines) is 1. The summed E-state index contributed by atoms with van der Waals surface area (Å²) in [5, 5.41) is 0.482. The molecule has 3 rings (SSSR count). The Morgan fingerprint density at radius 2 is 2.03 bits per heavy atom. The maximum Gasteiger partial charge on any atom is 0.272 e. The van der Waals surface area contributed by atoms with Crippen molar-refractivity contribution in [3.8, 4) is 0 Å². The van der Waals surface area contributed by atoms with Crippen molar-refractivity contribution in [2.24, 2.45) is 5.92 Å². The lowest BCUT2D eigenvalue weighted by molar-refractivity contribution is 0.0848. The molecule has 0 aliphatic carbocycles. The standard InChI is InChI=1S/C21H35N3O4SSi/c1-16-7-6-8-23(13-16)14-17-11-18-19(29(2,26)27)12-22-21(25)20(18)24(17)15-28-9-10-30(3,4)5/h11-12,16H,6-10,13-15H2,1-5H3,(H,22,25)/t16-/m0/s1. The molecule has 1 aliphatic rings. The van der Waals surface area contributed by atoms with E-state index in [1.807, 2.05) is 10.6 Å². The van der Waals surface area contributed by atoms with E-state index in [4.69, 9.17) is 4.74 Å². The zero-order valence-electron chi connectivity index (χ0n) is 18.8. The average molecular weight is 454 g/mol. The van der Waals surface area contributed by atoms with Crippen LogP contribution in [-0.2, 0) is 27.8 Å². The zero-order valence-corrected chi connectivity index (χ0v) is 20.6.